The molecule has 0 radical (unpaired) electrons. The van der Waals surface area contributed by atoms with Crippen molar-refractivity contribution in [2.75, 3.05) is 44.7 Å². The molecule has 0 aliphatic carbocycles. The SMILES string of the molecule is COC(C)CNCc1ccccc1N1CCN(C(=O)CC(NC(C)=O)c2ccc(Cl)cc2Cl)CC1. The zero-order valence-corrected chi connectivity index (χ0v) is 22.0. The molecule has 3 rings (SSSR count). The highest BCUT2D eigenvalue weighted by Gasteiger charge is 2.26. The number of piperazine rings is 1. The van der Waals surface area contributed by atoms with Crippen molar-refractivity contribution in [1.82, 2.24) is 15.5 Å². The smallest absolute Gasteiger partial charge is 0.225 e. The van der Waals surface area contributed by atoms with Crippen molar-refractivity contribution in [3.63, 3.8) is 0 Å². The van der Waals surface area contributed by atoms with Gasteiger partial charge in [-0.15, -0.1) is 0 Å². The van der Waals surface area contributed by atoms with Crippen molar-refractivity contribution in [2.24, 2.45) is 0 Å². The molecule has 2 atom stereocenters. The van der Waals surface area contributed by atoms with Gasteiger partial charge in [-0.05, 0) is 36.2 Å². The summed E-state index contributed by atoms with van der Waals surface area (Å²) in [6, 6.07) is 12.9. The van der Waals surface area contributed by atoms with E-state index < -0.39 is 6.04 Å². The Morgan fingerprint density at radius 2 is 1.80 bits per heavy atom. The lowest BCUT2D eigenvalue weighted by atomic mass is 10.0. The van der Waals surface area contributed by atoms with Gasteiger partial charge in [0.05, 0.1) is 18.6 Å². The number of methoxy groups -OCH3 is 1. The van der Waals surface area contributed by atoms with E-state index >= 15 is 0 Å². The number of hydrogen-bond donors (Lipinski definition) is 2. The van der Waals surface area contributed by atoms with Crippen LogP contribution in [-0.4, -0.2) is 62.7 Å². The van der Waals surface area contributed by atoms with Gasteiger partial charge in [0.1, 0.15) is 0 Å². The normalized spacial score (nSPS) is 15.6. The van der Waals surface area contributed by atoms with E-state index in [4.69, 9.17) is 27.9 Å². The second kappa shape index (κ2) is 13.1. The van der Waals surface area contributed by atoms with Crippen LogP contribution in [0, 0.1) is 0 Å². The molecule has 2 aromatic carbocycles. The first kappa shape index (κ1) is 27.3. The molecule has 2 amide bonds. The first-order valence-electron chi connectivity index (χ1n) is 11.8. The Morgan fingerprint density at radius 1 is 1.09 bits per heavy atom. The molecule has 0 bridgehead atoms. The summed E-state index contributed by atoms with van der Waals surface area (Å²) < 4.78 is 5.31. The molecule has 35 heavy (non-hydrogen) atoms. The van der Waals surface area contributed by atoms with Gasteiger partial charge in [-0.3, -0.25) is 9.59 Å². The third-order valence-corrected chi connectivity index (χ3v) is 6.77. The van der Waals surface area contributed by atoms with Crippen LogP contribution in [-0.2, 0) is 20.9 Å². The van der Waals surface area contributed by atoms with Crippen LogP contribution < -0.4 is 15.5 Å². The van der Waals surface area contributed by atoms with Gasteiger partial charge in [-0.2, -0.15) is 0 Å². The van der Waals surface area contributed by atoms with E-state index in [1.165, 1.54) is 18.2 Å². The highest BCUT2D eigenvalue weighted by Crippen LogP contribution is 2.29. The van der Waals surface area contributed by atoms with E-state index in [0.717, 1.165) is 26.2 Å². The van der Waals surface area contributed by atoms with Crippen LogP contribution in [0.5, 0.6) is 0 Å². The zero-order valence-electron chi connectivity index (χ0n) is 20.5. The highest BCUT2D eigenvalue weighted by atomic mass is 35.5. The molecule has 2 unspecified atom stereocenters. The molecule has 0 saturated carbocycles. The van der Waals surface area contributed by atoms with Crippen molar-refractivity contribution in [1.29, 1.82) is 0 Å². The fraction of sp³-hybridized carbons (Fsp3) is 0.462. The number of amides is 2. The number of nitrogens with one attached hydrogen (secondary N) is 2. The molecule has 0 aromatic heterocycles. The number of ether oxygens (including phenoxy) is 1. The van der Waals surface area contributed by atoms with Crippen molar-refractivity contribution >= 4 is 40.7 Å². The zero-order chi connectivity index (χ0) is 25.4. The molecule has 1 saturated heterocycles. The number of benzene rings is 2. The lowest BCUT2D eigenvalue weighted by Crippen LogP contribution is -2.49. The molecular formula is C26H34Cl2N4O3. The van der Waals surface area contributed by atoms with E-state index in [9.17, 15) is 9.59 Å². The van der Waals surface area contributed by atoms with Gasteiger partial charge in [0, 0.05) is 69.0 Å². The molecule has 0 spiro atoms. The molecule has 1 heterocycles. The van der Waals surface area contributed by atoms with Crippen LogP contribution in [0.4, 0.5) is 5.69 Å². The fourth-order valence-electron chi connectivity index (χ4n) is 4.23. The number of carbonyl (C=O) groups excluding carboxylic acids is 2. The molecule has 2 N–H and O–H groups in total. The maximum absolute atomic E-state index is 13.2. The summed E-state index contributed by atoms with van der Waals surface area (Å²) in [5.74, 6) is -0.235. The van der Waals surface area contributed by atoms with Gasteiger partial charge < -0.3 is 25.2 Å². The maximum Gasteiger partial charge on any atom is 0.225 e. The van der Waals surface area contributed by atoms with Crippen LogP contribution in [0.2, 0.25) is 10.0 Å². The number of anilines is 1. The summed E-state index contributed by atoms with van der Waals surface area (Å²) in [5, 5.41) is 7.25. The first-order valence-corrected chi connectivity index (χ1v) is 12.6. The van der Waals surface area contributed by atoms with Crippen molar-refractivity contribution in [3.8, 4) is 0 Å². The van der Waals surface area contributed by atoms with Crippen LogP contribution in [0.3, 0.4) is 0 Å². The van der Waals surface area contributed by atoms with E-state index in [0.29, 0.717) is 28.7 Å². The second-order valence-corrected chi connectivity index (χ2v) is 9.64. The standard InChI is InChI=1S/C26H34Cl2N4O3/c1-18(35-3)16-29-17-20-6-4-5-7-25(20)31-10-12-32(13-11-31)26(34)15-24(30-19(2)33)22-9-8-21(27)14-23(22)28/h4-9,14,18,24,29H,10-13,15-17H2,1-3H3,(H,30,33). The molecule has 1 aliphatic heterocycles. The average molecular weight is 521 g/mol. The summed E-state index contributed by atoms with van der Waals surface area (Å²) in [4.78, 5) is 29.1. The number of para-hydroxylation sites is 1. The molecule has 190 valence electrons. The van der Waals surface area contributed by atoms with Crippen LogP contribution in [0.1, 0.15) is 37.4 Å². The van der Waals surface area contributed by atoms with Crippen LogP contribution in [0.15, 0.2) is 42.5 Å². The minimum atomic E-state index is -0.510. The van der Waals surface area contributed by atoms with Gasteiger partial charge in [0.25, 0.3) is 0 Å². The Balaban J connectivity index is 1.61. The first-order chi connectivity index (χ1) is 16.8. The average Bonchev–Trinajstić information content (AvgIpc) is 2.83. The number of hydrogen-bond acceptors (Lipinski definition) is 5. The summed E-state index contributed by atoms with van der Waals surface area (Å²) >= 11 is 12.4. The van der Waals surface area contributed by atoms with Gasteiger partial charge in [-0.1, -0.05) is 47.5 Å². The van der Waals surface area contributed by atoms with Crippen molar-refractivity contribution < 1.29 is 14.3 Å². The molecule has 9 heteroatoms. The molecule has 1 fully saturated rings. The Morgan fingerprint density at radius 3 is 2.46 bits per heavy atom. The Kier molecular flexibility index (Phi) is 10.2. The summed E-state index contributed by atoms with van der Waals surface area (Å²) in [5.41, 5.74) is 3.09. The third-order valence-electron chi connectivity index (χ3n) is 6.21. The topological polar surface area (TPSA) is 73.9 Å². The number of nitrogens with zero attached hydrogens (tertiary/aromatic N) is 2. The monoisotopic (exact) mass is 520 g/mol. The minimum Gasteiger partial charge on any atom is -0.380 e. The Hall–Kier alpha value is -2.32. The lowest BCUT2D eigenvalue weighted by Gasteiger charge is -2.37. The minimum absolute atomic E-state index is 0.0158. The summed E-state index contributed by atoms with van der Waals surface area (Å²) in [6.07, 6.45) is 0.292. The second-order valence-electron chi connectivity index (χ2n) is 8.80. The van der Waals surface area contributed by atoms with Crippen molar-refractivity contribution in [2.45, 2.75) is 39.0 Å². The predicted molar refractivity (Wildman–Crippen MR) is 141 cm³/mol. The van der Waals surface area contributed by atoms with Crippen LogP contribution >= 0.6 is 23.2 Å². The third kappa shape index (κ3) is 7.84. The van der Waals surface area contributed by atoms with Gasteiger partial charge in [0.15, 0.2) is 0 Å². The largest absolute Gasteiger partial charge is 0.380 e. The Labute approximate surface area is 217 Å². The van der Waals surface area contributed by atoms with Crippen LogP contribution in [0.25, 0.3) is 0 Å². The van der Waals surface area contributed by atoms with Gasteiger partial charge in [0.2, 0.25) is 11.8 Å². The number of rotatable bonds is 10. The number of carbonyl (C=O) groups is 2. The van der Waals surface area contributed by atoms with E-state index in [2.05, 4.69) is 27.7 Å². The summed E-state index contributed by atoms with van der Waals surface area (Å²) in [7, 11) is 1.71. The van der Waals surface area contributed by atoms with E-state index in [-0.39, 0.29) is 24.3 Å². The molecule has 1 aliphatic rings. The lowest BCUT2D eigenvalue weighted by molar-refractivity contribution is -0.132. The van der Waals surface area contributed by atoms with Crippen molar-refractivity contribution in [3.05, 3.63) is 63.6 Å². The molecular weight excluding hydrogens is 487 g/mol. The fourth-order valence-corrected chi connectivity index (χ4v) is 4.77. The highest BCUT2D eigenvalue weighted by molar-refractivity contribution is 6.35. The maximum atomic E-state index is 13.2. The molecule has 2 aromatic rings. The van der Waals surface area contributed by atoms with E-state index in [1.54, 1.807) is 25.3 Å². The predicted octanol–water partition coefficient (Wildman–Crippen LogP) is 4.03. The quantitative estimate of drug-likeness (QED) is 0.494. The van der Waals surface area contributed by atoms with Gasteiger partial charge in [-0.25, -0.2) is 0 Å². The molecule has 7 nitrogen and oxygen atoms in total. The Bertz CT molecular complexity index is 1010. The van der Waals surface area contributed by atoms with E-state index in [1.807, 2.05) is 24.0 Å². The van der Waals surface area contributed by atoms with Gasteiger partial charge >= 0.3 is 0 Å². The number of halogens is 2. The summed E-state index contributed by atoms with van der Waals surface area (Å²) in [6.45, 7) is 7.71.